The number of aromatic amines is 1. The fourth-order valence-corrected chi connectivity index (χ4v) is 2.96. The summed E-state index contributed by atoms with van der Waals surface area (Å²) < 4.78 is 2.11. The number of carbonyl (C=O) groups excluding carboxylic acids is 1. The summed E-state index contributed by atoms with van der Waals surface area (Å²) in [6.07, 6.45) is 5.15. The molecule has 118 valence electrons. The van der Waals surface area contributed by atoms with Crippen LogP contribution in [0.4, 0.5) is 10.5 Å². The van der Waals surface area contributed by atoms with Crippen LogP contribution in [0.1, 0.15) is 24.5 Å². The number of anilines is 1. The van der Waals surface area contributed by atoms with Crippen LogP contribution in [0, 0.1) is 0 Å². The number of hydrogen-bond donors (Lipinski definition) is 3. The molecule has 0 radical (unpaired) electrons. The molecule has 0 aliphatic carbocycles. The van der Waals surface area contributed by atoms with Gasteiger partial charge in [-0.1, -0.05) is 0 Å². The molecule has 7 heteroatoms. The molecule has 3 heterocycles. The normalized spacial score (nSPS) is 13.7. The number of nitrogens with one attached hydrogen (secondary N) is 3. The molecule has 1 aliphatic heterocycles. The molecule has 23 heavy (non-hydrogen) atoms. The van der Waals surface area contributed by atoms with Gasteiger partial charge in [0.1, 0.15) is 5.82 Å². The molecule has 0 unspecified atom stereocenters. The highest BCUT2D eigenvalue weighted by molar-refractivity contribution is 5.92. The van der Waals surface area contributed by atoms with Crippen molar-refractivity contribution in [3.8, 4) is 0 Å². The average molecular weight is 310 g/mol. The minimum absolute atomic E-state index is 0.243. The van der Waals surface area contributed by atoms with E-state index in [9.17, 15) is 4.79 Å². The smallest absolute Gasteiger partial charge is 0.319 e. The molecule has 4 rings (SSSR count). The Morgan fingerprint density at radius 1 is 1.26 bits per heavy atom. The van der Waals surface area contributed by atoms with Crippen LogP contribution >= 0.6 is 0 Å². The van der Waals surface area contributed by atoms with Crippen LogP contribution in [0.5, 0.6) is 0 Å². The van der Waals surface area contributed by atoms with Crippen LogP contribution in [0.2, 0.25) is 0 Å². The minimum atomic E-state index is -0.243. The number of aromatic nitrogens is 4. The number of nitrogens with zero attached hydrogens (tertiary/aromatic N) is 3. The highest BCUT2D eigenvalue weighted by Gasteiger charge is 2.15. The molecule has 0 saturated heterocycles. The van der Waals surface area contributed by atoms with Crippen LogP contribution in [-0.2, 0) is 19.5 Å². The van der Waals surface area contributed by atoms with E-state index in [1.165, 1.54) is 0 Å². The molecule has 2 amide bonds. The Morgan fingerprint density at radius 2 is 2.22 bits per heavy atom. The highest BCUT2D eigenvalue weighted by atomic mass is 16.2. The zero-order valence-corrected chi connectivity index (χ0v) is 12.7. The molecule has 0 saturated carbocycles. The Balaban J connectivity index is 1.39. The summed E-state index contributed by atoms with van der Waals surface area (Å²) in [5.41, 5.74) is 1.81. The molecule has 0 spiro atoms. The van der Waals surface area contributed by atoms with Gasteiger partial charge in [-0.2, -0.15) is 0 Å². The standard InChI is InChI=1S/C16H18N6O/c23-16(19-12-4-5-13-11(9-12)6-7-17-13)18-10-15-21-20-14-3-1-2-8-22(14)15/h4-7,9,17H,1-3,8,10H2,(H2,18,19,23). The van der Waals surface area contributed by atoms with E-state index in [1.807, 2.05) is 30.5 Å². The van der Waals surface area contributed by atoms with Crippen molar-refractivity contribution in [3.05, 3.63) is 42.1 Å². The van der Waals surface area contributed by atoms with Crippen molar-refractivity contribution in [2.45, 2.75) is 32.4 Å². The maximum Gasteiger partial charge on any atom is 0.319 e. The van der Waals surface area contributed by atoms with Gasteiger partial charge in [-0.25, -0.2) is 4.79 Å². The third-order valence-corrected chi connectivity index (χ3v) is 4.15. The summed E-state index contributed by atoms with van der Waals surface area (Å²) in [5, 5.41) is 15.1. The summed E-state index contributed by atoms with van der Waals surface area (Å²) >= 11 is 0. The molecule has 3 aromatic rings. The molecular formula is C16H18N6O. The van der Waals surface area contributed by atoms with E-state index < -0.39 is 0 Å². The van der Waals surface area contributed by atoms with Crippen molar-refractivity contribution in [1.82, 2.24) is 25.1 Å². The number of hydrogen-bond acceptors (Lipinski definition) is 3. The van der Waals surface area contributed by atoms with Gasteiger partial charge in [0.15, 0.2) is 5.82 Å². The fourth-order valence-electron chi connectivity index (χ4n) is 2.96. The van der Waals surface area contributed by atoms with Crippen LogP contribution in [0.15, 0.2) is 30.5 Å². The Bertz CT molecular complexity index is 849. The lowest BCUT2D eigenvalue weighted by Gasteiger charge is -2.15. The summed E-state index contributed by atoms with van der Waals surface area (Å²) in [4.78, 5) is 15.2. The van der Waals surface area contributed by atoms with Crippen molar-refractivity contribution in [3.63, 3.8) is 0 Å². The van der Waals surface area contributed by atoms with Gasteiger partial charge < -0.3 is 20.2 Å². The van der Waals surface area contributed by atoms with Crippen LogP contribution < -0.4 is 10.6 Å². The number of rotatable bonds is 3. The van der Waals surface area contributed by atoms with Gasteiger partial charge >= 0.3 is 6.03 Å². The molecule has 2 aromatic heterocycles. The van der Waals surface area contributed by atoms with Crippen molar-refractivity contribution in [2.75, 3.05) is 5.32 Å². The van der Waals surface area contributed by atoms with Gasteiger partial charge in [-0.15, -0.1) is 10.2 Å². The van der Waals surface area contributed by atoms with Gasteiger partial charge in [0.25, 0.3) is 0 Å². The predicted molar refractivity (Wildman–Crippen MR) is 87.1 cm³/mol. The van der Waals surface area contributed by atoms with E-state index in [0.29, 0.717) is 6.54 Å². The van der Waals surface area contributed by atoms with Crippen molar-refractivity contribution >= 4 is 22.6 Å². The molecule has 1 aliphatic rings. The first kappa shape index (κ1) is 13.8. The monoisotopic (exact) mass is 310 g/mol. The SMILES string of the molecule is O=C(NCc1nnc2n1CCCC2)Nc1ccc2[nH]ccc2c1. The second-order valence-corrected chi connectivity index (χ2v) is 5.73. The van der Waals surface area contributed by atoms with Crippen LogP contribution in [0.3, 0.4) is 0 Å². The molecule has 7 nitrogen and oxygen atoms in total. The Morgan fingerprint density at radius 3 is 3.17 bits per heavy atom. The van der Waals surface area contributed by atoms with E-state index in [4.69, 9.17) is 0 Å². The number of urea groups is 1. The Hall–Kier alpha value is -2.83. The number of benzene rings is 1. The number of H-pyrrole nitrogens is 1. The number of aryl methyl sites for hydroxylation is 1. The largest absolute Gasteiger partial charge is 0.361 e. The van der Waals surface area contributed by atoms with Gasteiger partial charge in [0.2, 0.25) is 0 Å². The van der Waals surface area contributed by atoms with Crippen molar-refractivity contribution < 1.29 is 4.79 Å². The second-order valence-electron chi connectivity index (χ2n) is 5.73. The topological polar surface area (TPSA) is 87.6 Å². The number of amides is 2. The lowest BCUT2D eigenvalue weighted by atomic mass is 10.2. The van der Waals surface area contributed by atoms with Gasteiger partial charge in [-0.05, 0) is 37.1 Å². The second kappa shape index (κ2) is 5.75. The molecule has 0 fully saturated rings. The lowest BCUT2D eigenvalue weighted by molar-refractivity contribution is 0.251. The molecular weight excluding hydrogens is 292 g/mol. The number of carbonyl (C=O) groups is 1. The first-order valence-electron chi connectivity index (χ1n) is 7.82. The van der Waals surface area contributed by atoms with E-state index >= 15 is 0 Å². The zero-order chi connectivity index (χ0) is 15.6. The van der Waals surface area contributed by atoms with Crippen molar-refractivity contribution in [2.24, 2.45) is 0 Å². The van der Waals surface area contributed by atoms with Gasteiger partial charge in [-0.3, -0.25) is 0 Å². The van der Waals surface area contributed by atoms with E-state index in [-0.39, 0.29) is 6.03 Å². The third kappa shape index (κ3) is 2.77. The summed E-state index contributed by atoms with van der Waals surface area (Å²) in [7, 11) is 0. The maximum absolute atomic E-state index is 12.1. The minimum Gasteiger partial charge on any atom is -0.361 e. The number of fused-ring (bicyclic) bond motifs is 2. The first-order valence-corrected chi connectivity index (χ1v) is 7.82. The van der Waals surface area contributed by atoms with E-state index in [1.54, 1.807) is 0 Å². The predicted octanol–water partition coefficient (Wildman–Crippen LogP) is 2.42. The van der Waals surface area contributed by atoms with Crippen molar-refractivity contribution in [1.29, 1.82) is 0 Å². The first-order chi connectivity index (χ1) is 11.3. The molecule has 3 N–H and O–H groups in total. The molecule has 0 bridgehead atoms. The fraction of sp³-hybridized carbons (Fsp3) is 0.312. The quantitative estimate of drug-likeness (QED) is 0.694. The van der Waals surface area contributed by atoms with Gasteiger partial charge in [0.05, 0.1) is 6.54 Å². The van der Waals surface area contributed by atoms with Gasteiger partial charge in [0, 0.05) is 35.8 Å². The lowest BCUT2D eigenvalue weighted by Crippen LogP contribution is -2.29. The highest BCUT2D eigenvalue weighted by Crippen LogP contribution is 2.18. The van der Waals surface area contributed by atoms with Crippen LogP contribution in [0.25, 0.3) is 10.9 Å². The van der Waals surface area contributed by atoms with Crippen LogP contribution in [-0.4, -0.2) is 25.8 Å². The third-order valence-electron chi connectivity index (χ3n) is 4.15. The Labute approximate surface area is 133 Å². The maximum atomic E-state index is 12.1. The summed E-state index contributed by atoms with van der Waals surface area (Å²) in [6, 6.07) is 7.48. The Kier molecular flexibility index (Phi) is 3.45. The molecule has 1 aromatic carbocycles. The summed E-state index contributed by atoms with van der Waals surface area (Å²) in [6.45, 7) is 1.32. The molecule has 0 atom stereocenters. The average Bonchev–Trinajstić information content (AvgIpc) is 3.19. The summed E-state index contributed by atoms with van der Waals surface area (Å²) in [5.74, 6) is 1.84. The zero-order valence-electron chi connectivity index (χ0n) is 12.7. The van der Waals surface area contributed by atoms with E-state index in [2.05, 4.69) is 30.4 Å². The van der Waals surface area contributed by atoms with E-state index in [0.717, 1.165) is 54.0 Å².